The van der Waals surface area contributed by atoms with Crippen molar-refractivity contribution in [1.29, 1.82) is 0 Å². The summed E-state index contributed by atoms with van der Waals surface area (Å²) in [7, 11) is -9.92. The maximum absolute atomic E-state index is 13.1. The number of ether oxygens (including phenoxy) is 4. The third kappa shape index (κ3) is 74.1. The van der Waals surface area contributed by atoms with Crippen molar-refractivity contribution < 1.29 is 80.2 Å². The molecule has 0 aromatic heterocycles. The van der Waals surface area contributed by atoms with E-state index in [1.807, 2.05) is 0 Å². The first-order valence-electron chi connectivity index (χ1n) is 41.3. The highest BCUT2D eigenvalue weighted by molar-refractivity contribution is 7.47. The number of unbranched alkanes of at least 4 members (excludes halogenated alkanes) is 46. The number of carbonyl (C=O) groups is 4. The van der Waals surface area contributed by atoms with Crippen LogP contribution in [0.5, 0.6) is 0 Å². The molecule has 0 aromatic rings. The summed E-state index contributed by atoms with van der Waals surface area (Å²) in [6.45, 7) is 12.0. The van der Waals surface area contributed by atoms with Gasteiger partial charge in [0.1, 0.15) is 19.3 Å². The number of hydrogen-bond acceptors (Lipinski definition) is 15. The van der Waals surface area contributed by atoms with Gasteiger partial charge < -0.3 is 33.8 Å². The molecule has 0 heterocycles. The molecule has 0 bridgehead atoms. The molecule has 0 aliphatic rings. The first-order chi connectivity index (χ1) is 47.7. The van der Waals surface area contributed by atoms with Crippen molar-refractivity contribution in [1.82, 2.24) is 0 Å². The lowest BCUT2D eigenvalue weighted by atomic mass is 10.0. The molecule has 3 N–H and O–H groups in total. The molecule has 0 aromatic carbocycles. The van der Waals surface area contributed by atoms with E-state index in [1.54, 1.807) is 0 Å². The topological polar surface area (TPSA) is 237 Å². The van der Waals surface area contributed by atoms with E-state index in [0.29, 0.717) is 25.7 Å². The van der Waals surface area contributed by atoms with Crippen molar-refractivity contribution >= 4 is 39.5 Å². The minimum absolute atomic E-state index is 0.106. The Kier molecular flexibility index (Phi) is 69.0. The van der Waals surface area contributed by atoms with Crippen molar-refractivity contribution in [2.45, 2.75) is 433 Å². The summed E-state index contributed by atoms with van der Waals surface area (Å²) in [5.41, 5.74) is 0. The zero-order valence-electron chi connectivity index (χ0n) is 65.0. The van der Waals surface area contributed by atoms with Crippen molar-refractivity contribution in [3.8, 4) is 0 Å². The molecule has 0 aliphatic heterocycles. The molecule has 0 saturated heterocycles. The molecule has 588 valence electrons. The number of aliphatic hydroxyl groups excluding tert-OH is 1. The third-order valence-corrected chi connectivity index (χ3v) is 20.5. The van der Waals surface area contributed by atoms with Gasteiger partial charge in [0.15, 0.2) is 12.2 Å². The highest BCUT2D eigenvalue weighted by Gasteiger charge is 2.30. The number of phosphoric ester groups is 2. The first-order valence-corrected chi connectivity index (χ1v) is 44.3. The number of phosphoric acid groups is 2. The molecule has 0 amide bonds. The van der Waals surface area contributed by atoms with Crippen LogP contribution in [0.2, 0.25) is 0 Å². The second kappa shape index (κ2) is 70.4. The second-order valence-electron chi connectivity index (χ2n) is 30.2. The van der Waals surface area contributed by atoms with E-state index in [1.165, 1.54) is 225 Å². The van der Waals surface area contributed by atoms with Crippen molar-refractivity contribution in [3.63, 3.8) is 0 Å². The summed E-state index contributed by atoms with van der Waals surface area (Å²) >= 11 is 0. The fraction of sp³-hybridized carbons (Fsp3) is 0.950. The fourth-order valence-corrected chi connectivity index (χ4v) is 13.9. The molecule has 0 fully saturated rings. The van der Waals surface area contributed by atoms with Gasteiger partial charge in [-0.15, -0.1) is 0 Å². The van der Waals surface area contributed by atoms with Gasteiger partial charge in [-0.3, -0.25) is 37.3 Å². The lowest BCUT2D eigenvalue weighted by Crippen LogP contribution is -2.30. The zero-order valence-corrected chi connectivity index (χ0v) is 66.8. The van der Waals surface area contributed by atoms with E-state index in [4.69, 9.17) is 37.0 Å². The quantitative estimate of drug-likeness (QED) is 0.0222. The Morgan fingerprint density at radius 3 is 0.687 bits per heavy atom. The van der Waals surface area contributed by atoms with E-state index < -0.39 is 97.5 Å². The minimum Gasteiger partial charge on any atom is -0.462 e. The lowest BCUT2D eigenvalue weighted by molar-refractivity contribution is -0.161. The standard InChI is InChI=1S/C80H156O17P2/c1-8-9-10-11-12-13-14-18-25-33-40-47-54-61-77(82)90-68-76(97-80(85)64-57-50-43-36-29-28-32-39-46-53-60-73(6)7)70-95-99(88,89)93-66-74(81)65-92-98(86,87)94-69-75(67-91-78(83)62-55-48-41-34-26-22-17-20-24-31-38-45-52-59-72(4)5)96-79(84)63-56-49-42-35-27-21-16-15-19-23-30-37-44-51-58-71(2)3/h71-76,81H,8-70H2,1-7H3,(H,86,87)(H,88,89)/t74-,75-,76-/m1/s1. The van der Waals surface area contributed by atoms with Gasteiger partial charge in [0.25, 0.3) is 0 Å². The normalized spacial score (nSPS) is 14.0. The SMILES string of the molecule is CCCCCCCCCCCCCCCC(=O)OC[C@H](COP(=O)(O)OC[C@H](O)COP(=O)(O)OC[C@@H](COC(=O)CCCCCCCCCCCCCCCC(C)C)OC(=O)CCCCCCCCCCCCCCCCC(C)C)OC(=O)CCCCCCCCCCCCC(C)C. The Morgan fingerprint density at radius 1 is 0.273 bits per heavy atom. The first kappa shape index (κ1) is 97.1. The third-order valence-electron chi connectivity index (χ3n) is 18.6. The monoisotopic (exact) mass is 1450 g/mol. The van der Waals surface area contributed by atoms with Crippen molar-refractivity contribution in [2.24, 2.45) is 17.8 Å². The van der Waals surface area contributed by atoms with Gasteiger partial charge in [-0.1, -0.05) is 363 Å². The number of hydrogen-bond donors (Lipinski definition) is 3. The molecule has 17 nitrogen and oxygen atoms in total. The van der Waals surface area contributed by atoms with Gasteiger partial charge in [0, 0.05) is 25.7 Å². The Bertz CT molecular complexity index is 1920. The summed E-state index contributed by atoms with van der Waals surface area (Å²) in [5.74, 6) is 0.228. The van der Waals surface area contributed by atoms with E-state index in [-0.39, 0.29) is 25.7 Å². The summed E-state index contributed by atoms with van der Waals surface area (Å²) in [6.07, 6.45) is 58.1. The molecule has 0 radical (unpaired) electrons. The number of aliphatic hydroxyl groups is 1. The van der Waals surface area contributed by atoms with Crippen molar-refractivity contribution in [2.75, 3.05) is 39.6 Å². The molecule has 0 rings (SSSR count). The van der Waals surface area contributed by atoms with Crippen LogP contribution in [0.4, 0.5) is 0 Å². The van der Waals surface area contributed by atoms with Gasteiger partial charge >= 0.3 is 39.5 Å². The van der Waals surface area contributed by atoms with Crippen LogP contribution in [-0.2, 0) is 65.4 Å². The molecule has 0 aliphatic carbocycles. The molecular weight excluding hydrogens is 1290 g/mol. The fourth-order valence-electron chi connectivity index (χ4n) is 12.3. The average Bonchev–Trinajstić information content (AvgIpc) is 1.01. The molecule has 5 atom stereocenters. The van der Waals surface area contributed by atoms with Crippen LogP contribution in [0.15, 0.2) is 0 Å². The van der Waals surface area contributed by atoms with Crippen LogP contribution < -0.4 is 0 Å². The summed E-state index contributed by atoms with van der Waals surface area (Å²) < 4.78 is 68.7. The van der Waals surface area contributed by atoms with Gasteiger partial charge in [0.2, 0.25) is 0 Å². The number of carbonyl (C=O) groups excluding carboxylic acids is 4. The number of rotatable bonds is 78. The maximum atomic E-state index is 13.1. The van der Waals surface area contributed by atoms with Gasteiger partial charge in [-0.2, -0.15) is 0 Å². The predicted molar refractivity (Wildman–Crippen MR) is 405 cm³/mol. The van der Waals surface area contributed by atoms with Crippen LogP contribution in [0.1, 0.15) is 414 Å². The predicted octanol–water partition coefficient (Wildman–Crippen LogP) is 23.7. The van der Waals surface area contributed by atoms with Crippen LogP contribution in [0.25, 0.3) is 0 Å². The van der Waals surface area contributed by atoms with Gasteiger partial charge in [-0.25, -0.2) is 9.13 Å². The summed E-state index contributed by atoms with van der Waals surface area (Å²) in [5, 5.41) is 10.6. The Balaban J connectivity index is 5.27. The van der Waals surface area contributed by atoms with E-state index >= 15 is 0 Å². The van der Waals surface area contributed by atoms with Gasteiger partial charge in [-0.05, 0) is 43.4 Å². The van der Waals surface area contributed by atoms with E-state index in [2.05, 4.69) is 48.5 Å². The Morgan fingerprint density at radius 2 is 0.465 bits per heavy atom. The largest absolute Gasteiger partial charge is 0.472 e. The smallest absolute Gasteiger partial charge is 0.462 e. The van der Waals surface area contributed by atoms with Crippen molar-refractivity contribution in [3.05, 3.63) is 0 Å². The minimum atomic E-state index is -4.96. The average molecular weight is 1450 g/mol. The maximum Gasteiger partial charge on any atom is 0.472 e. The van der Waals surface area contributed by atoms with Gasteiger partial charge in [0.05, 0.1) is 26.4 Å². The second-order valence-corrected chi connectivity index (χ2v) is 33.1. The molecular formula is C80H156O17P2. The molecule has 2 unspecified atom stereocenters. The highest BCUT2D eigenvalue weighted by Crippen LogP contribution is 2.45. The molecule has 19 heteroatoms. The Hall–Kier alpha value is -1.94. The van der Waals surface area contributed by atoms with E-state index in [9.17, 15) is 43.2 Å². The van der Waals surface area contributed by atoms with E-state index in [0.717, 1.165) is 108 Å². The van der Waals surface area contributed by atoms with Crippen LogP contribution >= 0.6 is 15.6 Å². The Labute approximate surface area is 607 Å². The zero-order chi connectivity index (χ0) is 73.0. The van der Waals surface area contributed by atoms with Crippen LogP contribution in [0.3, 0.4) is 0 Å². The number of esters is 4. The van der Waals surface area contributed by atoms with Crippen LogP contribution in [0, 0.1) is 17.8 Å². The highest BCUT2D eigenvalue weighted by atomic mass is 31.2. The molecule has 0 spiro atoms. The summed E-state index contributed by atoms with van der Waals surface area (Å²) in [6, 6.07) is 0. The van der Waals surface area contributed by atoms with Crippen LogP contribution in [-0.4, -0.2) is 96.7 Å². The molecule has 99 heavy (non-hydrogen) atoms. The molecule has 0 saturated carbocycles. The lowest BCUT2D eigenvalue weighted by Gasteiger charge is -2.21. The summed E-state index contributed by atoms with van der Waals surface area (Å²) in [4.78, 5) is 73.0.